The van der Waals surface area contributed by atoms with Crippen LogP contribution in [0.15, 0.2) is 36.4 Å². The standard InChI is InChI=1S/C14H17NO2/c15-14(16)17-13(12-9-10-12)8-4-7-11-5-2-1-3-6-11/h1-7,12-13H,8-10H2,(H2,15,16). The van der Waals surface area contributed by atoms with Crippen molar-refractivity contribution in [3.8, 4) is 0 Å². The molecule has 1 saturated carbocycles. The highest BCUT2D eigenvalue weighted by Crippen LogP contribution is 2.36. The summed E-state index contributed by atoms with van der Waals surface area (Å²) < 4.78 is 5.10. The molecular formula is C14H17NO2. The Morgan fingerprint density at radius 1 is 1.41 bits per heavy atom. The lowest BCUT2D eigenvalue weighted by atomic mass is 10.1. The van der Waals surface area contributed by atoms with Gasteiger partial charge >= 0.3 is 6.09 Å². The van der Waals surface area contributed by atoms with E-state index < -0.39 is 6.09 Å². The van der Waals surface area contributed by atoms with Gasteiger partial charge in [0.25, 0.3) is 0 Å². The van der Waals surface area contributed by atoms with Gasteiger partial charge in [-0.15, -0.1) is 0 Å². The van der Waals surface area contributed by atoms with Gasteiger partial charge in [-0.3, -0.25) is 0 Å². The lowest BCUT2D eigenvalue weighted by Gasteiger charge is -2.13. The summed E-state index contributed by atoms with van der Waals surface area (Å²) in [5.74, 6) is 0.503. The number of nitrogens with two attached hydrogens (primary N) is 1. The molecule has 1 aliphatic carbocycles. The molecule has 1 aromatic carbocycles. The maximum atomic E-state index is 10.8. The van der Waals surface area contributed by atoms with E-state index in [2.05, 4.69) is 0 Å². The first-order valence-electron chi connectivity index (χ1n) is 5.93. The molecule has 0 radical (unpaired) electrons. The maximum Gasteiger partial charge on any atom is 0.404 e. The molecule has 2 rings (SSSR count). The molecule has 17 heavy (non-hydrogen) atoms. The third kappa shape index (κ3) is 3.94. The van der Waals surface area contributed by atoms with Crippen molar-refractivity contribution in [1.29, 1.82) is 0 Å². The first kappa shape index (κ1) is 11.7. The summed E-state index contributed by atoms with van der Waals surface area (Å²) in [4.78, 5) is 10.8. The zero-order valence-electron chi connectivity index (χ0n) is 9.71. The smallest absolute Gasteiger partial charge is 0.404 e. The third-order valence-electron chi connectivity index (χ3n) is 2.89. The topological polar surface area (TPSA) is 52.3 Å². The van der Waals surface area contributed by atoms with Crippen molar-refractivity contribution in [2.45, 2.75) is 25.4 Å². The molecule has 1 aliphatic rings. The fourth-order valence-corrected chi connectivity index (χ4v) is 1.86. The highest BCUT2D eigenvalue weighted by molar-refractivity contribution is 5.65. The minimum absolute atomic E-state index is 0.0486. The lowest BCUT2D eigenvalue weighted by molar-refractivity contribution is 0.0952. The number of carbonyl (C=O) groups is 1. The van der Waals surface area contributed by atoms with Crippen molar-refractivity contribution in [3.63, 3.8) is 0 Å². The van der Waals surface area contributed by atoms with E-state index >= 15 is 0 Å². The fourth-order valence-electron chi connectivity index (χ4n) is 1.86. The highest BCUT2D eigenvalue weighted by atomic mass is 16.6. The number of rotatable bonds is 5. The van der Waals surface area contributed by atoms with E-state index in [0.717, 1.165) is 24.8 Å². The minimum Gasteiger partial charge on any atom is -0.446 e. The van der Waals surface area contributed by atoms with E-state index in [1.54, 1.807) is 0 Å². The molecule has 1 amide bonds. The Bertz CT molecular complexity index is 396. The van der Waals surface area contributed by atoms with Gasteiger partial charge < -0.3 is 10.5 Å². The van der Waals surface area contributed by atoms with Crippen molar-refractivity contribution < 1.29 is 9.53 Å². The van der Waals surface area contributed by atoms with Crippen LogP contribution < -0.4 is 5.73 Å². The largest absolute Gasteiger partial charge is 0.446 e. The molecule has 3 heteroatoms. The predicted octanol–water partition coefficient (Wildman–Crippen LogP) is 2.96. The second kappa shape index (κ2) is 5.53. The minimum atomic E-state index is -0.671. The average Bonchev–Trinajstić information content (AvgIpc) is 3.12. The SMILES string of the molecule is NC(=O)OC(CC=Cc1ccccc1)C1CC1. The van der Waals surface area contributed by atoms with Crippen LogP contribution in [0.1, 0.15) is 24.8 Å². The number of hydrogen-bond acceptors (Lipinski definition) is 2. The monoisotopic (exact) mass is 231 g/mol. The summed E-state index contributed by atoms with van der Waals surface area (Å²) in [7, 11) is 0. The molecule has 1 unspecified atom stereocenters. The number of benzene rings is 1. The van der Waals surface area contributed by atoms with Gasteiger partial charge in [-0.25, -0.2) is 4.79 Å². The van der Waals surface area contributed by atoms with Crippen molar-refractivity contribution in [2.75, 3.05) is 0 Å². The molecule has 0 saturated heterocycles. The summed E-state index contributed by atoms with van der Waals surface area (Å²) in [6.07, 6.45) is 6.38. The predicted molar refractivity (Wildman–Crippen MR) is 67.3 cm³/mol. The summed E-state index contributed by atoms with van der Waals surface area (Å²) in [5.41, 5.74) is 6.21. The van der Waals surface area contributed by atoms with Crippen LogP contribution in [0.5, 0.6) is 0 Å². The van der Waals surface area contributed by atoms with Gasteiger partial charge in [-0.1, -0.05) is 42.5 Å². The van der Waals surface area contributed by atoms with E-state index in [1.165, 1.54) is 0 Å². The summed E-state index contributed by atoms with van der Waals surface area (Å²) >= 11 is 0. The molecule has 1 fully saturated rings. The summed E-state index contributed by atoms with van der Waals surface area (Å²) in [6, 6.07) is 10.1. The Morgan fingerprint density at radius 3 is 2.71 bits per heavy atom. The Kier molecular flexibility index (Phi) is 3.81. The van der Waals surface area contributed by atoms with Crippen LogP contribution >= 0.6 is 0 Å². The second-order valence-corrected chi connectivity index (χ2v) is 4.36. The maximum absolute atomic E-state index is 10.8. The van der Waals surface area contributed by atoms with Crippen LogP contribution in [0, 0.1) is 5.92 Å². The molecule has 0 aliphatic heterocycles. The summed E-state index contributed by atoms with van der Waals surface area (Å²) in [6.45, 7) is 0. The molecular weight excluding hydrogens is 214 g/mol. The van der Waals surface area contributed by atoms with E-state index in [-0.39, 0.29) is 6.10 Å². The van der Waals surface area contributed by atoms with Crippen molar-refractivity contribution >= 4 is 12.2 Å². The average molecular weight is 231 g/mol. The van der Waals surface area contributed by atoms with Crippen LogP contribution in [0.2, 0.25) is 0 Å². The van der Waals surface area contributed by atoms with Crippen LogP contribution in [0.3, 0.4) is 0 Å². The van der Waals surface area contributed by atoms with E-state index in [9.17, 15) is 4.79 Å². The van der Waals surface area contributed by atoms with Gasteiger partial charge in [-0.05, 0) is 24.3 Å². The van der Waals surface area contributed by atoms with Gasteiger partial charge in [-0.2, -0.15) is 0 Å². The van der Waals surface area contributed by atoms with Crippen molar-refractivity contribution in [2.24, 2.45) is 11.7 Å². The molecule has 0 spiro atoms. The first-order chi connectivity index (χ1) is 8.25. The van der Waals surface area contributed by atoms with Crippen LogP contribution in [-0.4, -0.2) is 12.2 Å². The third-order valence-corrected chi connectivity index (χ3v) is 2.89. The summed E-state index contributed by atoms with van der Waals surface area (Å²) in [5, 5.41) is 0. The molecule has 90 valence electrons. The van der Waals surface area contributed by atoms with E-state index in [0.29, 0.717) is 5.92 Å². The van der Waals surface area contributed by atoms with Gasteiger partial charge in [0.1, 0.15) is 6.10 Å². The molecule has 0 heterocycles. The number of ether oxygens (including phenoxy) is 1. The first-order valence-corrected chi connectivity index (χ1v) is 5.93. The van der Waals surface area contributed by atoms with E-state index in [1.807, 2.05) is 42.5 Å². The van der Waals surface area contributed by atoms with Gasteiger partial charge in [0.15, 0.2) is 0 Å². The van der Waals surface area contributed by atoms with Crippen LogP contribution in [-0.2, 0) is 4.74 Å². The van der Waals surface area contributed by atoms with Gasteiger partial charge in [0.05, 0.1) is 0 Å². The quantitative estimate of drug-likeness (QED) is 0.847. The lowest BCUT2D eigenvalue weighted by Crippen LogP contribution is -2.23. The normalized spacial score (nSPS) is 16.9. The molecule has 1 aromatic rings. The molecule has 0 bridgehead atoms. The van der Waals surface area contributed by atoms with Crippen molar-refractivity contribution in [3.05, 3.63) is 42.0 Å². The van der Waals surface area contributed by atoms with E-state index in [4.69, 9.17) is 10.5 Å². The zero-order valence-corrected chi connectivity index (χ0v) is 9.71. The Morgan fingerprint density at radius 2 is 2.12 bits per heavy atom. The molecule has 1 atom stereocenters. The Hall–Kier alpha value is -1.77. The number of primary amides is 1. The fraction of sp³-hybridized carbons (Fsp3) is 0.357. The van der Waals surface area contributed by atoms with Crippen LogP contribution in [0.4, 0.5) is 4.79 Å². The number of amides is 1. The second-order valence-electron chi connectivity index (χ2n) is 4.36. The van der Waals surface area contributed by atoms with Crippen LogP contribution in [0.25, 0.3) is 6.08 Å². The van der Waals surface area contributed by atoms with Gasteiger partial charge in [0, 0.05) is 6.42 Å². The Balaban J connectivity index is 1.86. The molecule has 3 nitrogen and oxygen atoms in total. The highest BCUT2D eigenvalue weighted by Gasteiger charge is 2.32. The number of hydrogen-bond donors (Lipinski definition) is 1. The molecule has 2 N–H and O–H groups in total. The zero-order chi connectivity index (χ0) is 12.1. The molecule has 0 aromatic heterocycles. The van der Waals surface area contributed by atoms with Crippen molar-refractivity contribution in [1.82, 2.24) is 0 Å². The van der Waals surface area contributed by atoms with Gasteiger partial charge in [0.2, 0.25) is 0 Å². The Labute approximate surface area is 101 Å². The number of carbonyl (C=O) groups excluding carboxylic acids is 1.